The zero-order valence-corrected chi connectivity index (χ0v) is 12.2. The summed E-state index contributed by atoms with van der Waals surface area (Å²) in [6.07, 6.45) is 1.73. The van der Waals surface area contributed by atoms with Crippen LogP contribution in [0.1, 0.15) is 30.9 Å². The highest BCUT2D eigenvalue weighted by molar-refractivity contribution is 5.75. The fraction of sp³-hybridized carbons (Fsp3) is 0.600. The van der Waals surface area contributed by atoms with Gasteiger partial charge in [0, 0.05) is 5.92 Å². The molecule has 21 heavy (non-hydrogen) atoms. The molecule has 0 aromatic carbocycles. The van der Waals surface area contributed by atoms with Crippen LogP contribution in [0.4, 0.5) is 0 Å². The van der Waals surface area contributed by atoms with Gasteiger partial charge in [0.2, 0.25) is 0 Å². The Balaban J connectivity index is 2.27. The Morgan fingerprint density at radius 1 is 1.19 bits per heavy atom. The first-order valence-electron chi connectivity index (χ1n) is 6.95. The zero-order chi connectivity index (χ0) is 15.4. The molecule has 1 heterocycles. The van der Waals surface area contributed by atoms with Crippen LogP contribution in [0.25, 0.3) is 0 Å². The number of hydrogen-bond donors (Lipinski definition) is 1. The second-order valence-corrected chi connectivity index (χ2v) is 5.26. The van der Waals surface area contributed by atoms with E-state index in [1.165, 1.54) is 20.5 Å². The lowest BCUT2D eigenvalue weighted by atomic mass is 9.85. The van der Waals surface area contributed by atoms with Crippen molar-refractivity contribution in [1.82, 2.24) is 0 Å². The molecule has 1 aromatic rings. The fourth-order valence-electron chi connectivity index (χ4n) is 3.02. The van der Waals surface area contributed by atoms with Gasteiger partial charge in [0.05, 0.1) is 38.4 Å². The number of aliphatic hydroxyl groups is 1. The van der Waals surface area contributed by atoms with E-state index in [9.17, 15) is 14.7 Å². The normalized spacial score (nSPS) is 29.5. The number of furan rings is 1. The van der Waals surface area contributed by atoms with Gasteiger partial charge in [-0.2, -0.15) is 0 Å². The van der Waals surface area contributed by atoms with E-state index < -0.39 is 23.9 Å². The summed E-state index contributed by atoms with van der Waals surface area (Å²) in [5.74, 6) is -1.56. The molecule has 0 bridgehead atoms. The average molecular weight is 296 g/mol. The third kappa shape index (κ3) is 3.26. The standard InChI is InChI=1S/C15H20O6/c1-19-14(17)9-5-6-10(15(18)20-2)12(16)8-11(9)13-4-3-7-21-13/h3-4,7,9-12,16H,5-6,8H2,1-2H3/t9-,10+,11-,12-/m1/s1. The first kappa shape index (κ1) is 15.6. The fourth-order valence-corrected chi connectivity index (χ4v) is 3.02. The Labute approximate surface area is 123 Å². The van der Waals surface area contributed by atoms with Crippen molar-refractivity contribution in [2.24, 2.45) is 11.8 Å². The maximum absolute atomic E-state index is 12.0. The molecule has 0 unspecified atom stereocenters. The predicted octanol–water partition coefficient (Wildman–Crippen LogP) is 1.49. The Morgan fingerprint density at radius 2 is 1.81 bits per heavy atom. The average Bonchev–Trinajstić information content (AvgIpc) is 2.96. The van der Waals surface area contributed by atoms with Gasteiger partial charge in [0.25, 0.3) is 0 Å². The first-order valence-corrected chi connectivity index (χ1v) is 6.95. The van der Waals surface area contributed by atoms with E-state index in [4.69, 9.17) is 13.9 Å². The zero-order valence-electron chi connectivity index (χ0n) is 12.2. The van der Waals surface area contributed by atoms with Crippen LogP contribution < -0.4 is 0 Å². The molecular weight excluding hydrogens is 276 g/mol. The van der Waals surface area contributed by atoms with Crippen LogP contribution in [0.15, 0.2) is 22.8 Å². The number of hydrogen-bond acceptors (Lipinski definition) is 6. The molecule has 1 aliphatic carbocycles. The van der Waals surface area contributed by atoms with Crippen LogP contribution in [0.3, 0.4) is 0 Å². The van der Waals surface area contributed by atoms with Crippen molar-refractivity contribution in [3.05, 3.63) is 24.2 Å². The van der Waals surface area contributed by atoms with Crippen LogP contribution in [0.2, 0.25) is 0 Å². The van der Waals surface area contributed by atoms with E-state index in [-0.39, 0.29) is 18.3 Å². The minimum Gasteiger partial charge on any atom is -0.469 e. The van der Waals surface area contributed by atoms with Gasteiger partial charge in [0.15, 0.2) is 0 Å². The van der Waals surface area contributed by atoms with Crippen LogP contribution in [-0.4, -0.2) is 37.4 Å². The minimum absolute atomic E-state index is 0.257. The molecule has 1 saturated carbocycles. The van der Waals surface area contributed by atoms with Crippen LogP contribution in [0.5, 0.6) is 0 Å². The second kappa shape index (κ2) is 6.76. The van der Waals surface area contributed by atoms with Crippen LogP contribution in [-0.2, 0) is 19.1 Å². The van der Waals surface area contributed by atoms with Gasteiger partial charge < -0.3 is 19.0 Å². The summed E-state index contributed by atoms with van der Waals surface area (Å²) in [6, 6.07) is 3.50. The molecule has 6 heteroatoms. The summed E-state index contributed by atoms with van der Waals surface area (Å²) < 4.78 is 15.0. The molecule has 0 aliphatic heterocycles. The Morgan fingerprint density at radius 3 is 2.38 bits per heavy atom. The van der Waals surface area contributed by atoms with Gasteiger partial charge in [0.1, 0.15) is 5.76 Å². The molecule has 0 amide bonds. The molecular formula is C15H20O6. The third-order valence-electron chi connectivity index (χ3n) is 4.15. The molecule has 0 saturated heterocycles. The summed E-state index contributed by atoms with van der Waals surface area (Å²) >= 11 is 0. The van der Waals surface area contributed by atoms with Crippen molar-refractivity contribution in [2.45, 2.75) is 31.3 Å². The second-order valence-electron chi connectivity index (χ2n) is 5.26. The minimum atomic E-state index is -0.873. The van der Waals surface area contributed by atoms with E-state index in [0.717, 1.165) is 0 Å². The molecule has 1 aliphatic rings. The van der Waals surface area contributed by atoms with Crippen molar-refractivity contribution in [3.63, 3.8) is 0 Å². The molecule has 2 rings (SSSR count). The quantitative estimate of drug-likeness (QED) is 0.672. The highest BCUT2D eigenvalue weighted by Crippen LogP contribution is 2.39. The number of esters is 2. The summed E-state index contributed by atoms with van der Waals surface area (Å²) in [7, 11) is 2.63. The monoisotopic (exact) mass is 296 g/mol. The molecule has 1 N–H and O–H groups in total. The Kier molecular flexibility index (Phi) is 5.01. The lowest BCUT2D eigenvalue weighted by Crippen LogP contribution is -2.29. The lowest BCUT2D eigenvalue weighted by molar-refractivity contribution is -0.150. The van der Waals surface area contributed by atoms with Gasteiger partial charge in [-0.05, 0) is 31.4 Å². The summed E-state index contributed by atoms with van der Waals surface area (Å²) in [4.78, 5) is 23.8. The van der Waals surface area contributed by atoms with E-state index in [0.29, 0.717) is 18.6 Å². The van der Waals surface area contributed by atoms with Crippen LogP contribution in [0, 0.1) is 11.8 Å². The summed E-state index contributed by atoms with van der Waals surface area (Å²) in [6.45, 7) is 0. The molecule has 0 spiro atoms. The van der Waals surface area contributed by atoms with Crippen molar-refractivity contribution < 1.29 is 28.6 Å². The van der Waals surface area contributed by atoms with E-state index in [1.54, 1.807) is 12.1 Å². The topological polar surface area (TPSA) is 86.0 Å². The van der Waals surface area contributed by atoms with Gasteiger partial charge in [-0.15, -0.1) is 0 Å². The van der Waals surface area contributed by atoms with Crippen molar-refractivity contribution in [3.8, 4) is 0 Å². The van der Waals surface area contributed by atoms with Crippen molar-refractivity contribution in [2.75, 3.05) is 14.2 Å². The van der Waals surface area contributed by atoms with E-state index >= 15 is 0 Å². The number of rotatable bonds is 3. The summed E-state index contributed by atoms with van der Waals surface area (Å²) in [5.41, 5.74) is 0. The summed E-state index contributed by atoms with van der Waals surface area (Å²) in [5, 5.41) is 10.3. The van der Waals surface area contributed by atoms with Crippen LogP contribution >= 0.6 is 0 Å². The molecule has 6 nitrogen and oxygen atoms in total. The molecule has 116 valence electrons. The molecule has 1 aromatic heterocycles. The molecule has 1 fully saturated rings. The number of methoxy groups -OCH3 is 2. The smallest absolute Gasteiger partial charge is 0.311 e. The maximum Gasteiger partial charge on any atom is 0.311 e. The van der Waals surface area contributed by atoms with Crippen molar-refractivity contribution in [1.29, 1.82) is 0 Å². The highest BCUT2D eigenvalue weighted by atomic mass is 16.5. The predicted molar refractivity (Wildman–Crippen MR) is 72.3 cm³/mol. The Hall–Kier alpha value is -1.82. The molecule has 4 atom stereocenters. The van der Waals surface area contributed by atoms with Gasteiger partial charge in [-0.1, -0.05) is 0 Å². The SMILES string of the molecule is COC(=O)[C@H]1CC[C@@H](C(=O)OC)[C@H](c2ccco2)C[C@H]1O. The number of aliphatic hydroxyl groups excluding tert-OH is 1. The third-order valence-corrected chi connectivity index (χ3v) is 4.15. The number of carbonyl (C=O) groups is 2. The maximum atomic E-state index is 12.0. The van der Waals surface area contributed by atoms with E-state index in [1.807, 2.05) is 0 Å². The highest BCUT2D eigenvalue weighted by Gasteiger charge is 2.41. The van der Waals surface area contributed by atoms with Gasteiger partial charge >= 0.3 is 11.9 Å². The lowest BCUT2D eigenvalue weighted by Gasteiger charge is -2.22. The Bertz CT molecular complexity index is 480. The van der Waals surface area contributed by atoms with E-state index in [2.05, 4.69) is 0 Å². The number of carbonyl (C=O) groups excluding carboxylic acids is 2. The van der Waals surface area contributed by atoms with Gasteiger partial charge in [-0.25, -0.2) is 0 Å². The number of ether oxygens (including phenoxy) is 2. The van der Waals surface area contributed by atoms with Crippen molar-refractivity contribution >= 4 is 11.9 Å². The first-order chi connectivity index (χ1) is 10.1. The van der Waals surface area contributed by atoms with Gasteiger partial charge in [-0.3, -0.25) is 9.59 Å². The largest absolute Gasteiger partial charge is 0.469 e. The molecule has 0 radical (unpaired) electrons.